The van der Waals surface area contributed by atoms with E-state index in [1.807, 2.05) is 12.1 Å². The van der Waals surface area contributed by atoms with E-state index < -0.39 is 0 Å². The van der Waals surface area contributed by atoms with Crippen molar-refractivity contribution in [1.29, 1.82) is 5.26 Å². The second kappa shape index (κ2) is 5.63. The average Bonchev–Trinajstić information content (AvgIpc) is 2.35. The topological polar surface area (TPSA) is 35.8 Å². The molecule has 2 atom stereocenters. The summed E-state index contributed by atoms with van der Waals surface area (Å²) in [4.78, 5) is 0. The number of nitrogens with one attached hydrogen (secondary N) is 1. The van der Waals surface area contributed by atoms with Gasteiger partial charge in [0.2, 0.25) is 0 Å². The molecule has 0 spiro atoms. The van der Waals surface area contributed by atoms with Crippen LogP contribution in [0.4, 0.5) is 5.69 Å². The molecule has 1 aliphatic rings. The number of hydrogen-bond acceptors (Lipinski definition) is 2. The normalized spacial score (nSPS) is 27.6. The van der Waals surface area contributed by atoms with Crippen LogP contribution in [0.15, 0.2) is 18.2 Å². The van der Waals surface area contributed by atoms with Gasteiger partial charge in [-0.2, -0.15) is 5.26 Å². The quantitative estimate of drug-likeness (QED) is 0.855. The molecule has 1 saturated carbocycles. The Balaban J connectivity index is 2.15. The Morgan fingerprint density at radius 1 is 1.28 bits per heavy atom. The number of nitrogens with zero attached hydrogens (tertiary/aromatic N) is 1. The van der Waals surface area contributed by atoms with Gasteiger partial charge in [-0.1, -0.05) is 31.9 Å². The molecule has 0 bridgehead atoms. The Bertz CT molecular complexity index is 454. The third-order valence-electron chi connectivity index (χ3n) is 3.97. The molecule has 1 aliphatic carbocycles. The molecule has 0 aromatic heterocycles. The summed E-state index contributed by atoms with van der Waals surface area (Å²) < 4.78 is 0. The summed E-state index contributed by atoms with van der Waals surface area (Å²) in [5.74, 6) is 1.33. The molecule has 1 aromatic rings. The fourth-order valence-electron chi connectivity index (χ4n) is 2.85. The molecule has 0 amide bonds. The summed E-state index contributed by atoms with van der Waals surface area (Å²) in [6.45, 7) is 4.59. The van der Waals surface area contributed by atoms with E-state index in [0.29, 0.717) is 28.5 Å². The lowest BCUT2D eigenvalue weighted by Gasteiger charge is -2.36. The first-order valence-electron chi connectivity index (χ1n) is 6.58. The van der Waals surface area contributed by atoms with Crippen molar-refractivity contribution in [2.45, 2.75) is 39.2 Å². The predicted octanol–water partition coefficient (Wildman–Crippen LogP) is 4.45. The maximum atomic E-state index is 8.83. The van der Waals surface area contributed by atoms with E-state index >= 15 is 0 Å². The van der Waals surface area contributed by atoms with Crippen LogP contribution < -0.4 is 5.32 Å². The fraction of sp³-hybridized carbons (Fsp3) is 0.533. The summed E-state index contributed by atoms with van der Waals surface area (Å²) in [5.41, 5.74) is 1.55. The van der Waals surface area contributed by atoms with Crippen LogP contribution in [0.5, 0.6) is 0 Å². The van der Waals surface area contributed by atoms with Crippen LogP contribution in [0.1, 0.15) is 38.7 Å². The van der Waals surface area contributed by atoms with Gasteiger partial charge in [0.15, 0.2) is 0 Å². The molecule has 1 fully saturated rings. The lowest BCUT2D eigenvalue weighted by Crippen LogP contribution is -2.37. The second-order valence-corrected chi connectivity index (χ2v) is 5.77. The number of rotatable bonds is 2. The van der Waals surface area contributed by atoms with Crippen LogP contribution in [0.3, 0.4) is 0 Å². The van der Waals surface area contributed by atoms with E-state index in [2.05, 4.69) is 25.2 Å². The molecule has 0 heterocycles. The summed E-state index contributed by atoms with van der Waals surface area (Å²) in [6.07, 6.45) is 3.87. The number of benzene rings is 1. The minimum absolute atomic E-state index is 0.476. The predicted molar refractivity (Wildman–Crippen MR) is 75.8 cm³/mol. The van der Waals surface area contributed by atoms with Crippen molar-refractivity contribution >= 4 is 17.3 Å². The maximum Gasteiger partial charge on any atom is 0.0992 e. The first-order valence-corrected chi connectivity index (χ1v) is 6.96. The Labute approximate surface area is 114 Å². The third kappa shape index (κ3) is 2.79. The van der Waals surface area contributed by atoms with Gasteiger partial charge in [-0.05, 0) is 42.9 Å². The molecular formula is C15H19ClN2. The van der Waals surface area contributed by atoms with Crippen LogP contribution in [0.25, 0.3) is 0 Å². The van der Waals surface area contributed by atoms with Gasteiger partial charge in [-0.3, -0.25) is 0 Å². The van der Waals surface area contributed by atoms with Crippen LogP contribution in [-0.2, 0) is 0 Å². The first-order chi connectivity index (χ1) is 8.61. The first kappa shape index (κ1) is 13.2. The van der Waals surface area contributed by atoms with Gasteiger partial charge in [0.1, 0.15) is 0 Å². The van der Waals surface area contributed by atoms with Crippen LogP contribution >= 0.6 is 11.6 Å². The molecule has 96 valence electrons. The monoisotopic (exact) mass is 262 g/mol. The molecule has 2 unspecified atom stereocenters. The van der Waals surface area contributed by atoms with E-state index in [-0.39, 0.29) is 0 Å². The molecule has 3 heteroatoms. The van der Waals surface area contributed by atoms with E-state index in [1.54, 1.807) is 6.07 Å². The van der Waals surface area contributed by atoms with Crippen molar-refractivity contribution in [3.63, 3.8) is 0 Å². The minimum Gasteiger partial charge on any atom is -0.381 e. The van der Waals surface area contributed by atoms with Gasteiger partial charge < -0.3 is 5.32 Å². The highest BCUT2D eigenvalue weighted by Gasteiger charge is 2.27. The summed E-state index contributed by atoms with van der Waals surface area (Å²) >= 11 is 6.21. The highest BCUT2D eigenvalue weighted by Crippen LogP contribution is 2.33. The zero-order chi connectivity index (χ0) is 13.1. The van der Waals surface area contributed by atoms with Crippen molar-refractivity contribution in [2.24, 2.45) is 11.8 Å². The Morgan fingerprint density at radius 3 is 2.50 bits per heavy atom. The van der Waals surface area contributed by atoms with Crippen molar-refractivity contribution in [2.75, 3.05) is 5.32 Å². The van der Waals surface area contributed by atoms with Crippen molar-refractivity contribution < 1.29 is 0 Å². The summed E-state index contributed by atoms with van der Waals surface area (Å²) in [6, 6.07) is 8.03. The lowest BCUT2D eigenvalue weighted by molar-refractivity contribution is 0.268. The molecule has 2 nitrogen and oxygen atoms in total. The largest absolute Gasteiger partial charge is 0.381 e. The van der Waals surface area contributed by atoms with Gasteiger partial charge >= 0.3 is 0 Å². The molecule has 0 saturated heterocycles. The molecule has 1 N–H and O–H groups in total. The standard InChI is InChI=1S/C15H19ClN2/c1-10-4-3-5-11(2)15(10)18-14-7-6-12(9-17)8-13(14)16/h6-8,10-11,15,18H,3-5H2,1-2H3. The van der Waals surface area contributed by atoms with Gasteiger partial charge in [0, 0.05) is 6.04 Å². The van der Waals surface area contributed by atoms with Gasteiger partial charge in [0.05, 0.1) is 22.3 Å². The Kier molecular flexibility index (Phi) is 4.14. The van der Waals surface area contributed by atoms with Crippen molar-refractivity contribution in [3.8, 4) is 6.07 Å². The number of anilines is 1. The van der Waals surface area contributed by atoms with E-state index in [4.69, 9.17) is 16.9 Å². The lowest BCUT2D eigenvalue weighted by atomic mass is 9.78. The van der Waals surface area contributed by atoms with E-state index in [9.17, 15) is 0 Å². The Hall–Kier alpha value is -1.20. The number of nitriles is 1. The van der Waals surface area contributed by atoms with Crippen LogP contribution in [-0.4, -0.2) is 6.04 Å². The maximum absolute atomic E-state index is 8.83. The third-order valence-corrected chi connectivity index (χ3v) is 4.28. The number of hydrogen-bond donors (Lipinski definition) is 1. The second-order valence-electron chi connectivity index (χ2n) is 5.36. The minimum atomic E-state index is 0.476. The molecule has 0 aliphatic heterocycles. The van der Waals surface area contributed by atoms with E-state index in [1.165, 1.54) is 19.3 Å². The van der Waals surface area contributed by atoms with Gasteiger partial charge in [-0.15, -0.1) is 0 Å². The van der Waals surface area contributed by atoms with Crippen molar-refractivity contribution in [1.82, 2.24) is 0 Å². The SMILES string of the molecule is CC1CCCC(C)C1Nc1ccc(C#N)cc1Cl. The number of halogens is 1. The van der Waals surface area contributed by atoms with Gasteiger partial charge in [-0.25, -0.2) is 0 Å². The zero-order valence-electron chi connectivity index (χ0n) is 10.9. The zero-order valence-corrected chi connectivity index (χ0v) is 11.7. The molecule has 18 heavy (non-hydrogen) atoms. The van der Waals surface area contributed by atoms with Crippen LogP contribution in [0, 0.1) is 23.2 Å². The highest BCUT2D eigenvalue weighted by molar-refractivity contribution is 6.33. The molecule has 1 aromatic carbocycles. The van der Waals surface area contributed by atoms with Gasteiger partial charge in [0.25, 0.3) is 0 Å². The van der Waals surface area contributed by atoms with E-state index in [0.717, 1.165) is 5.69 Å². The average molecular weight is 263 g/mol. The highest BCUT2D eigenvalue weighted by atomic mass is 35.5. The smallest absolute Gasteiger partial charge is 0.0992 e. The fourth-order valence-corrected chi connectivity index (χ4v) is 3.08. The Morgan fingerprint density at radius 2 is 1.94 bits per heavy atom. The molecular weight excluding hydrogens is 244 g/mol. The molecule has 2 rings (SSSR count). The summed E-state index contributed by atoms with van der Waals surface area (Å²) in [7, 11) is 0. The van der Waals surface area contributed by atoms with Crippen molar-refractivity contribution in [3.05, 3.63) is 28.8 Å². The summed E-state index contributed by atoms with van der Waals surface area (Å²) in [5, 5.41) is 13.0. The molecule has 0 radical (unpaired) electrons. The van der Waals surface area contributed by atoms with Crippen LogP contribution in [0.2, 0.25) is 5.02 Å².